The van der Waals surface area contributed by atoms with Crippen molar-refractivity contribution in [1.29, 1.82) is 0 Å². The molecule has 1 aliphatic rings. The van der Waals surface area contributed by atoms with E-state index in [0.717, 1.165) is 51.2 Å². The van der Waals surface area contributed by atoms with E-state index in [0.29, 0.717) is 0 Å². The Kier molecular flexibility index (Phi) is 4.89. The van der Waals surface area contributed by atoms with Crippen molar-refractivity contribution >= 4 is 11.7 Å². The highest BCUT2D eigenvalue weighted by Crippen LogP contribution is 2.14. The second kappa shape index (κ2) is 6.65. The molecule has 1 aliphatic heterocycles. The first-order valence-electron chi connectivity index (χ1n) is 7.04. The fraction of sp³-hybridized carbons (Fsp3) is 0.571. The number of halogens is 1. The average Bonchev–Trinajstić information content (AvgIpc) is 2.44. The number of hydrogen-bond acceptors (Lipinski definition) is 4. The number of piperidine rings is 1. The van der Waals surface area contributed by atoms with Crippen LogP contribution in [-0.4, -0.2) is 41.5 Å². The van der Waals surface area contributed by atoms with Crippen LogP contribution in [0, 0.1) is 5.82 Å². The van der Waals surface area contributed by atoms with E-state index in [9.17, 15) is 9.18 Å². The number of likely N-dealkylation sites (tertiary alicyclic amines) is 1. The summed E-state index contributed by atoms with van der Waals surface area (Å²) in [4.78, 5) is 18.1. The summed E-state index contributed by atoms with van der Waals surface area (Å²) in [7, 11) is 0. The first-order chi connectivity index (χ1) is 9.60. The molecule has 2 heterocycles. The van der Waals surface area contributed by atoms with Crippen LogP contribution >= 0.6 is 0 Å². The number of nitrogens with zero attached hydrogens (tertiary/aromatic N) is 2. The van der Waals surface area contributed by atoms with Crippen molar-refractivity contribution in [3.8, 4) is 0 Å². The molecule has 0 atom stereocenters. The summed E-state index contributed by atoms with van der Waals surface area (Å²) < 4.78 is 13.1. The number of hydrogen-bond donors (Lipinski definition) is 2. The minimum atomic E-state index is -0.554. The lowest BCUT2D eigenvalue weighted by molar-refractivity contribution is 0.0911. The largest absolute Gasteiger partial charge is 0.383 e. The monoisotopic (exact) mass is 280 g/mol. The van der Waals surface area contributed by atoms with Crippen LogP contribution in [0.5, 0.6) is 0 Å². The summed E-state index contributed by atoms with van der Waals surface area (Å²) in [6.45, 7) is 5.22. The smallest absolute Gasteiger partial charge is 0.255 e. The highest BCUT2D eigenvalue weighted by molar-refractivity contribution is 5.98. The van der Waals surface area contributed by atoms with Crippen LogP contribution in [0.3, 0.4) is 0 Å². The number of amides is 1. The maximum Gasteiger partial charge on any atom is 0.255 e. The highest BCUT2D eigenvalue weighted by Gasteiger charge is 2.21. The lowest BCUT2D eigenvalue weighted by Gasteiger charge is -2.32. The standard InChI is InChI=1S/C14H21FN4O/c1-2-5-19-6-3-11(4-7-19)18-14(20)12-8-10(15)9-17-13(12)16/h8-9,11H,2-7H2,1H3,(H2,16,17)(H,18,20). The second-order valence-electron chi connectivity index (χ2n) is 5.18. The van der Waals surface area contributed by atoms with Crippen molar-refractivity contribution in [3.05, 3.63) is 23.6 Å². The zero-order valence-corrected chi connectivity index (χ0v) is 11.7. The Morgan fingerprint density at radius 3 is 2.90 bits per heavy atom. The zero-order valence-electron chi connectivity index (χ0n) is 11.7. The SMILES string of the molecule is CCCN1CCC(NC(=O)c2cc(F)cnc2N)CC1. The van der Waals surface area contributed by atoms with Gasteiger partial charge in [0, 0.05) is 19.1 Å². The van der Waals surface area contributed by atoms with Gasteiger partial charge in [-0.3, -0.25) is 4.79 Å². The van der Waals surface area contributed by atoms with Crippen molar-refractivity contribution in [2.75, 3.05) is 25.4 Å². The molecular formula is C14H21FN4O. The highest BCUT2D eigenvalue weighted by atomic mass is 19.1. The third-order valence-electron chi connectivity index (χ3n) is 3.59. The van der Waals surface area contributed by atoms with Gasteiger partial charge in [0.25, 0.3) is 5.91 Å². The number of nitrogens with two attached hydrogens (primary N) is 1. The molecule has 1 amide bonds. The fourth-order valence-electron chi connectivity index (χ4n) is 2.51. The number of aromatic nitrogens is 1. The van der Waals surface area contributed by atoms with E-state index in [1.54, 1.807) is 0 Å². The van der Waals surface area contributed by atoms with Gasteiger partial charge in [0.15, 0.2) is 0 Å². The Morgan fingerprint density at radius 1 is 1.55 bits per heavy atom. The summed E-state index contributed by atoms with van der Waals surface area (Å²) in [5.74, 6) is -0.835. The predicted octanol–water partition coefficient (Wildman–Crippen LogP) is 1.41. The first-order valence-corrected chi connectivity index (χ1v) is 7.04. The van der Waals surface area contributed by atoms with Crippen LogP contribution < -0.4 is 11.1 Å². The van der Waals surface area contributed by atoms with Crippen molar-refractivity contribution in [3.63, 3.8) is 0 Å². The lowest BCUT2D eigenvalue weighted by atomic mass is 10.0. The maximum atomic E-state index is 13.1. The fourth-order valence-corrected chi connectivity index (χ4v) is 2.51. The molecule has 1 aromatic heterocycles. The number of carbonyl (C=O) groups excluding carboxylic acids is 1. The molecule has 110 valence electrons. The van der Waals surface area contributed by atoms with Crippen LogP contribution in [0.15, 0.2) is 12.3 Å². The Balaban J connectivity index is 1.91. The molecule has 0 saturated carbocycles. The summed E-state index contributed by atoms with van der Waals surface area (Å²) in [5.41, 5.74) is 5.72. The van der Waals surface area contributed by atoms with Gasteiger partial charge in [-0.15, -0.1) is 0 Å². The Labute approximate surface area is 118 Å². The van der Waals surface area contributed by atoms with Crippen LogP contribution in [-0.2, 0) is 0 Å². The number of anilines is 1. The van der Waals surface area contributed by atoms with E-state index in [2.05, 4.69) is 22.1 Å². The quantitative estimate of drug-likeness (QED) is 0.874. The third kappa shape index (κ3) is 3.66. The third-order valence-corrected chi connectivity index (χ3v) is 3.59. The molecule has 0 unspecified atom stereocenters. The number of nitrogen functional groups attached to an aromatic ring is 1. The Morgan fingerprint density at radius 2 is 2.25 bits per heavy atom. The van der Waals surface area contributed by atoms with Gasteiger partial charge in [-0.25, -0.2) is 9.37 Å². The molecule has 1 saturated heterocycles. The molecule has 0 aliphatic carbocycles. The van der Waals surface area contributed by atoms with Crippen molar-refractivity contribution < 1.29 is 9.18 Å². The average molecular weight is 280 g/mol. The van der Waals surface area contributed by atoms with Gasteiger partial charge in [-0.2, -0.15) is 0 Å². The van der Waals surface area contributed by atoms with E-state index in [-0.39, 0.29) is 23.3 Å². The zero-order chi connectivity index (χ0) is 14.5. The molecule has 1 aromatic rings. The van der Waals surface area contributed by atoms with Gasteiger partial charge in [-0.1, -0.05) is 6.92 Å². The molecule has 0 spiro atoms. The molecular weight excluding hydrogens is 259 g/mol. The van der Waals surface area contributed by atoms with Crippen LogP contribution in [0.1, 0.15) is 36.5 Å². The van der Waals surface area contributed by atoms with Crippen LogP contribution in [0.4, 0.5) is 10.2 Å². The van der Waals surface area contributed by atoms with Gasteiger partial charge in [-0.05, 0) is 31.9 Å². The minimum Gasteiger partial charge on any atom is -0.383 e. The van der Waals surface area contributed by atoms with Crippen LogP contribution in [0.2, 0.25) is 0 Å². The summed E-state index contributed by atoms with van der Waals surface area (Å²) in [6.07, 6.45) is 3.97. The first kappa shape index (κ1) is 14.7. The van der Waals surface area contributed by atoms with Crippen LogP contribution in [0.25, 0.3) is 0 Å². The Hall–Kier alpha value is -1.69. The van der Waals surface area contributed by atoms with E-state index in [1.165, 1.54) is 0 Å². The minimum absolute atomic E-state index is 0.0623. The number of pyridine rings is 1. The molecule has 20 heavy (non-hydrogen) atoms. The van der Waals surface area contributed by atoms with Gasteiger partial charge in [0.2, 0.25) is 0 Å². The summed E-state index contributed by atoms with van der Waals surface area (Å²) >= 11 is 0. The van der Waals surface area contributed by atoms with E-state index >= 15 is 0 Å². The summed E-state index contributed by atoms with van der Waals surface area (Å²) in [5, 5.41) is 2.91. The van der Waals surface area contributed by atoms with E-state index < -0.39 is 5.82 Å². The number of rotatable bonds is 4. The van der Waals surface area contributed by atoms with Crippen molar-refractivity contribution in [1.82, 2.24) is 15.2 Å². The van der Waals surface area contributed by atoms with E-state index in [1.807, 2.05) is 0 Å². The van der Waals surface area contributed by atoms with Crippen molar-refractivity contribution in [2.45, 2.75) is 32.2 Å². The van der Waals surface area contributed by atoms with Gasteiger partial charge in [0.05, 0.1) is 11.8 Å². The van der Waals surface area contributed by atoms with Crippen molar-refractivity contribution in [2.24, 2.45) is 0 Å². The molecule has 5 nitrogen and oxygen atoms in total. The number of nitrogens with one attached hydrogen (secondary N) is 1. The molecule has 2 rings (SSSR count). The molecule has 3 N–H and O–H groups in total. The number of carbonyl (C=O) groups is 1. The molecule has 1 fully saturated rings. The van der Waals surface area contributed by atoms with Gasteiger partial charge >= 0.3 is 0 Å². The van der Waals surface area contributed by atoms with Gasteiger partial charge < -0.3 is 16.0 Å². The van der Waals surface area contributed by atoms with E-state index in [4.69, 9.17) is 5.73 Å². The Bertz CT molecular complexity index is 472. The van der Waals surface area contributed by atoms with Gasteiger partial charge in [0.1, 0.15) is 11.6 Å². The molecule has 0 bridgehead atoms. The summed E-state index contributed by atoms with van der Waals surface area (Å²) in [6, 6.07) is 1.25. The lowest BCUT2D eigenvalue weighted by Crippen LogP contribution is -2.44. The second-order valence-corrected chi connectivity index (χ2v) is 5.18. The topological polar surface area (TPSA) is 71.2 Å². The molecule has 0 radical (unpaired) electrons. The molecule has 0 aromatic carbocycles. The predicted molar refractivity (Wildman–Crippen MR) is 75.8 cm³/mol. The normalized spacial score (nSPS) is 17.1. The maximum absolute atomic E-state index is 13.1. The molecule has 6 heteroatoms.